The second kappa shape index (κ2) is 16.0. The molecule has 8 nitrogen and oxygen atoms in total. The minimum Gasteiger partial charge on any atom is -0.385 e. The molecule has 0 unspecified atom stereocenters. The van der Waals surface area contributed by atoms with Crippen molar-refractivity contribution in [2.24, 2.45) is 4.99 Å². The normalized spacial score (nSPS) is 16.2. The van der Waals surface area contributed by atoms with Crippen molar-refractivity contribution in [2.45, 2.75) is 13.3 Å². The van der Waals surface area contributed by atoms with Gasteiger partial charge in [-0.15, -0.1) is 24.0 Å². The highest BCUT2D eigenvalue weighted by Crippen LogP contribution is 2.12. The van der Waals surface area contributed by atoms with Gasteiger partial charge in [0.05, 0.1) is 12.3 Å². The van der Waals surface area contributed by atoms with Crippen molar-refractivity contribution in [1.82, 2.24) is 19.8 Å². The molecule has 0 aromatic heterocycles. The van der Waals surface area contributed by atoms with Gasteiger partial charge in [-0.3, -0.25) is 4.99 Å². The molecule has 0 spiro atoms. The van der Waals surface area contributed by atoms with Crippen LogP contribution < -0.4 is 10.6 Å². The Kier molecular flexibility index (Phi) is 16.1. The summed E-state index contributed by atoms with van der Waals surface area (Å²) in [5.41, 5.74) is 0. The molecule has 1 saturated heterocycles. The number of thioether (sulfide) groups is 1. The zero-order valence-corrected chi connectivity index (χ0v) is 20.7. The van der Waals surface area contributed by atoms with Crippen LogP contribution in [0.2, 0.25) is 0 Å². The minimum atomic E-state index is -3.19. The van der Waals surface area contributed by atoms with E-state index in [1.54, 1.807) is 23.2 Å². The van der Waals surface area contributed by atoms with Gasteiger partial charge in [0, 0.05) is 64.5 Å². The number of ether oxygens (including phenoxy) is 1. The summed E-state index contributed by atoms with van der Waals surface area (Å²) in [6, 6.07) is 0. The molecular weight excluding hydrogens is 501 g/mol. The molecule has 0 aromatic carbocycles. The first kappa shape index (κ1) is 27.2. The first-order valence-electron chi connectivity index (χ1n) is 9.25. The fraction of sp³-hybridized carbons (Fsp3) is 0.938. The number of methoxy groups -OCH3 is 1. The van der Waals surface area contributed by atoms with E-state index in [4.69, 9.17) is 4.74 Å². The van der Waals surface area contributed by atoms with Gasteiger partial charge in [-0.2, -0.15) is 11.8 Å². The molecular formula is C16H36IN5O3S2. The zero-order valence-electron chi connectivity index (χ0n) is 16.8. The summed E-state index contributed by atoms with van der Waals surface area (Å²) >= 11 is 1.81. The number of sulfonamides is 1. The van der Waals surface area contributed by atoms with Crippen molar-refractivity contribution < 1.29 is 13.2 Å². The molecule has 162 valence electrons. The van der Waals surface area contributed by atoms with Crippen molar-refractivity contribution in [2.75, 3.05) is 83.8 Å². The highest BCUT2D eigenvalue weighted by molar-refractivity contribution is 14.0. The second-order valence-corrected chi connectivity index (χ2v) is 9.48. The summed E-state index contributed by atoms with van der Waals surface area (Å²) in [7, 11) is 0.590. The number of nitrogens with zero attached hydrogens (tertiary/aromatic N) is 3. The van der Waals surface area contributed by atoms with Crippen LogP contribution >= 0.6 is 35.7 Å². The smallest absolute Gasteiger partial charge is 0.215 e. The Morgan fingerprint density at radius 2 is 1.96 bits per heavy atom. The van der Waals surface area contributed by atoms with Gasteiger partial charge in [0.25, 0.3) is 0 Å². The molecule has 1 fully saturated rings. The minimum absolute atomic E-state index is 0. The van der Waals surface area contributed by atoms with E-state index in [1.807, 2.05) is 6.92 Å². The van der Waals surface area contributed by atoms with E-state index in [0.717, 1.165) is 44.2 Å². The molecule has 0 radical (unpaired) electrons. The molecule has 1 rings (SSSR count). The van der Waals surface area contributed by atoms with Crippen LogP contribution in [0, 0.1) is 0 Å². The topological polar surface area (TPSA) is 86.3 Å². The number of likely N-dealkylation sites (N-methyl/N-ethyl adjacent to an activating group) is 1. The van der Waals surface area contributed by atoms with Crippen molar-refractivity contribution in [3.8, 4) is 0 Å². The fourth-order valence-corrected chi connectivity index (χ4v) is 5.01. The fourth-order valence-electron chi connectivity index (χ4n) is 2.52. The predicted molar refractivity (Wildman–Crippen MR) is 126 cm³/mol. The van der Waals surface area contributed by atoms with Crippen LogP contribution in [0.15, 0.2) is 4.99 Å². The zero-order chi connectivity index (χ0) is 19.3. The molecule has 0 amide bonds. The van der Waals surface area contributed by atoms with Gasteiger partial charge in [-0.1, -0.05) is 0 Å². The molecule has 1 heterocycles. The predicted octanol–water partition coefficient (Wildman–Crippen LogP) is 0.506. The van der Waals surface area contributed by atoms with E-state index < -0.39 is 10.0 Å². The molecule has 0 aliphatic carbocycles. The maximum Gasteiger partial charge on any atom is 0.215 e. The van der Waals surface area contributed by atoms with Crippen molar-refractivity contribution in [3.63, 3.8) is 0 Å². The van der Waals surface area contributed by atoms with Crippen LogP contribution in [-0.4, -0.2) is 107 Å². The number of aliphatic imine (C=N–C) groups is 1. The lowest BCUT2D eigenvalue weighted by Crippen LogP contribution is -2.44. The third-order valence-corrected chi connectivity index (χ3v) is 6.81. The largest absolute Gasteiger partial charge is 0.385 e. The summed E-state index contributed by atoms with van der Waals surface area (Å²) < 4.78 is 31.4. The van der Waals surface area contributed by atoms with E-state index in [9.17, 15) is 8.42 Å². The summed E-state index contributed by atoms with van der Waals surface area (Å²) in [5.74, 6) is 2.53. The van der Waals surface area contributed by atoms with Crippen molar-refractivity contribution >= 4 is 51.7 Å². The van der Waals surface area contributed by atoms with Crippen LogP contribution in [0.1, 0.15) is 13.3 Å². The van der Waals surface area contributed by atoms with Crippen LogP contribution in [0.25, 0.3) is 0 Å². The Morgan fingerprint density at radius 1 is 1.26 bits per heavy atom. The molecule has 27 heavy (non-hydrogen) atoms. The second-order valence-electron chi connectivity index (χ2n) is 6.16. The highest BCUT2D eigenvalue weighted by Gasteiger charge is 2.23. The monoisotopic (exact) mass is 537 g/mol. The average Bonchev–Trinajstić information content (AvgIpc) is 2.62. The van der Waals surface area contributed by atoms with Gasteiger partial charge in [-0.25, -0.2) is 12.7 Å². The van der Waals surface area contributed by atoms with Gasteiger partial charge in [0.2, 0.25) is 10.0 Å². The number of nitrogens with one attached hydrogen (secondary N) is 2. The first-order chi connectivity index (χ1) is 12.5. The number of rotatable bonds is 12. The maximum absolute atomic E-state index is 12.4. The summed E-state index contributed by atoms with van der Waals surface area (Å²) in [5, 5.41) is 6.29. The molecule has 0 aromatic rings. The molecule has 1 aliphatic heterocycles. The third-order valence-electron chi connectivity index (χ3n) is 4.00. The lowest BCUT2D eigenvalue weighted by atomic mass is 10.4. The van der Waals surface area contributed by atoms with Crippen LogP contribution in [0.5, 0.6) is 0 Å². The summed E-state index contributed by atoms with van der Waals surface area (Å²) in [4.78, 5) is 6.74. The summed E-state index contributed by atoms with van der Waals surface area (Å²) in [6.07, 6.45) is 1.00. The van der Waals surface area contributed by atoms with E-state index in [1.165, 1.54) is 0 Å². The number of guanidine groups is 1. The molecule has 0 bridgehead atoms. The Morgan fingerprint density at radius 3 is 2.59 bits per heavy atom. The van der Waals surface area contributed by atoms with Gasteiger partial charge < -0.3 is 20.3 Å². The molecule has 1 aliphatic rings. The van der Waals surface area contributed by atoms with E-state index in [0.29, 0.717) is 32.1 Å². The first-order valence-corrected chi connectivity index (χ1v) is 12.0. The standard InChI is InChI=1S/C16H35N5O3S2.HI/c1-4-17-16(18-6-9-20(2)8-5-12-24-3)19-7-15-26(22,23)21-10-13-25-14-11-21;/h4-15H2,1-3H3,(H2,17,18,19);1H. The van der Waals surface area contributed by atoms with Gasteiger partial charge >= 0.3 is 0 Å². The third kappa shape index (κ3) is 12.4. The van der Waals surface area contributed by atoms with E-state index >= 15 is 0 Å². The van der Waals surface area contributed by atoms with E-state index in [-0.39, 0.29) is 29.7 Å². The average molecular weight is 538 g/mol. The Hall–Kier alpha value is 0.180. The Bertz CT molecular complexity index is 502. The van der Waals surface area contributed by atoms with Gasteiger partial charge in [0.15, 0.2) is 5.96 Å². The SMILES string of the molecule is CCNC(=NCCN(C)CCCOC)NCCS(=O)(=O)N1CCSCC1.I. The summed E-state index contributed by atoms with van der Waals surface area (Å²) in [6.45, 7) is 7.59. The maximum atomic E-state index is 12.4. The highest BCUT2D eigenvalue weighted by atomic mass is 127. The van der Waals surface area contributed by atoms with Crippen LogP contribution in [0.4, 0.5) is 0 Å². The van der Waals surface area contributed by atoms with Crippen molar-refractivity contribution in [3.05, 3.63) is 0 Å². The Labute approximate surface area is 186 Å². The number of halogens is 1. The molecule has 0 saturated carbocycles. The van der Waals surface area contributed by atoms with Crippen LogP contribution in [-0.2, 0) is 14.8 Å². The lowest BCUT2D eigenvalue weighted by Gasteiger charge is -2.25. The van der Waals surface area contributed by atoms with Gasteiger partial charge in [0.1, 0.15) is 0 Å². The van der Waals surface area contributed by atoms with Crippen molar-refractivity contribution in [1.29, 1.82) is 0 Å². The molecule has 0 atom stereocenters. The number of hydrogen-bond donors (Lipinski definition) is 2. The Balaban J connectivity index is 0.00000676. The quantitative estimate of drug-likeness (QED) is 0.162. The van der Waals surface area contributed by atoms with Gasteiger partial charge in [-0.05, 0) is 20.4 Å². The number of hydrogen-bond acceptors (Lipinski definition) is 6. The lowest BCUT2D eigenvalue weighted by molar-refractivity contribution is 0.180. The molecule has 2 N–H and O–H groups in total. The van der Waals surface area contributed by atoms with E-state index in [2.05, 4.69) is 27.6 Å². The van der Waals surface area contributed by atoms with Crippen LogP contribution in [0.3, 0.4) is 0 Å². The molecule has 11 heteroatoms.